The predicted molar refractivity (Wildman–Crippen MR) is 71.7 cm³/mol. The minimum absolute atomic E-state index is 0.113. The van der Waals surface area contributed by atoms with E-state index in [0.29, 0.717) is 11.3 Å². The fourth-order valence-corrected chi connectivity index (χ4v) is 1.71. The molecule has 2 aromatic carbocycles. The third-order valence-electron chi connectivity index (χ3n) is 2.70. The molecule has 2 rings (SSSR count). The van der Waals surface area contributed by atoms with Crippen LogP contribution < -0.4 is 10.2 Å². The van der Waals surface area contributed by atoms with Gasteiger partial charge >= 0.3 is 7.12 Å². The molecule has 2 aromatic rings. The van der Waals surface area contributed by atoms with Crippen LogP contribution in [0.1, 0.15) is 11.1 Å². The van der Waals surface area contributed by atoms with Crippen LogP contribution in [0.2, 0.25) is 0 Å². The Bertz CT molecular complexity index is 555. The Labute approximate surface area is 111 Å². The van der Waals surface area contributed by atoms with E-state index in [0.717, 1.165) is 11.6 Å². The minimum Gasteiger partial charge on any atom is -0.489 e. The molecule has 0 bridgehead atoms. The number of hydrogen-bond acceptors (Lipinski definition) is 3. The van der Waals surface area contributed by atoms with Gasteiger partial charge in [0, 0.05) is 0 Å². The second-order valence-electron chi connectivity index (χ2n) is 4.37. The van der Waals surface area contributed by atoms with E-state index in [2.05, 4.69) is 0 Å². The van der Waals surface area contributed by atoms with Gasteiger partial charge in [-0.15, -0.1) is 0 Å². The van der Waals surface area contributed by atoms with Crippen molar-refractivity contribution in [1.82, 2.24) is 0 Å². The molecule has 0 aromatic heterocycles. The molecule has 0 atom stereocenters. The van der Waals surface area contributed by atoms with Crippen molar-refractivity contribution in [2.75, 3.05) is 0 Å². The van der Waals surface area contributed by atoms with E-state index >= 15 is 0 Å². The van der Waals surface area contributed by atoms with Gasteiger partial charge in [0.05, 0.1) is 0 Å². The van der Waals surface area contributed by atoms with Crippen LogP contribution in [0.3, 0.4) is 0 Å². The Morgan fingerprint density at radius 2 is 1.79 bits per heavy atom. The van der Waals surface area contributed by atoms with Gasteiger partial charge in [0.15, 0.2) is 0 Å². The summed E-state index contributed by atoms with van der Waals surface area (Å²) in [7, 11) is -1.69. The first-order valence-corrected chi connectivity index (χ1v) is 5.89. The molecular weight excluding hydrogens is 246 g/mol. The predicted octanol–water partition coefficient (Wildman–Crippen LogP) is 1.39. The maximum atomic E-state index is 13.3. The molecule has 0 aliphatic carbocycles. The highest BCUT2D eigenvalue weighted by molar-refractivity contribution is 6.58. The molecule has 0 unspecified atom stereocenters. The Hall–Kier alpha value is -1.85. The van der Waals surface area contributed by atoms with Gasteiger partial charge in [-0.05, 0) is 42.2 Å². The molecule has 98 valence electrons. The summed E-state index contributed by atoms with van der Waals surface area (Å²) in [4.78, 5) is 0. The van der Waals surface area contributed by atoms with Gasteiger partial charge < -0.3 is 14.8 Å². The fourth-order valence-electron chi connectivity index (χ4n) is 1.71. The highest BCUT2D eigenvalue weighted by Crippen LogP contribution is 2.14. The van der Waals surface area contributed by atoms with Crippen molar-refractivity contribution in [3.05, 3.63) is 59.4 Å². The van der Waals surface area contributed by atoms with Gasteiger partial charge in [-0.2, -0.15) is 0 Å². The normalized spacial score (nSPS) is 10.3. The Kier molecular flexibility index (Phi) is 4.19. The molecule has 2 N–H and O–H groups in total. The highest BCUT2D eigenvalue weighted by atomic mass is 19.1. The number of halogens is 1. The fraction of sp³-hybridized carbons (Fsp3) is 0.143. The molecule has 3 nitrogen and oxygen atoms in total. The Morgan fingerprint density at radius 1 is 1.11 bits per heavy atom. The van der Waals surface area contributed by atoms with E-state index in [1.165, 1.54) is 12.1 Å². The molecule has 0 spiro atoms. The molecular formula is C14H14BFO3. The third kappa shape index (κ3) is 3.81. The van der Waals surface area contributed by atoms with Crippen molar-refractivity contribution in [3.63, 3.8) is 0 Å². The number of rotatable bonds is 4. The number of aryl methyl sites for hydroxylation is 1. The number of ether oxygens (including phenoxy) is 1. The van der Waals surface area contributed by atoms with Crippen LogP contribution in [0.25, 0.3) is 0 Å². The lowest BCUT2D eigenvalue weighted by Crippen LogP contribution is -2.30. The van der Waals surface area contributed by atoms with Gasteiger partial charge in [-0.1, -0.05) is 23.8 Å². The van der Waals surface area contributed by atoms with Crippen LogP contribution in [0, 0.1) is 12.7 Å². The SMILES string of the molecule is Cc1ccc(OCc2cc(F)cc(B(O)O)c2)cc1. The average molecular weight is 260 g/mol. The number of hydrogen-bond donors (Lipinski definition) is 2. The van der Waals surface area contributed by atoms with Gasteiger partial charge in [0.1, 0.15) is 18.2 Å². The molecule has 0 aliphatic rings. The lowest BCUT2D eigenvalue weighted by atomic mass is 9.79. The van der Waals surface area contributed by atoms with E-state index in [1.54, 1.807) is 0 Å². The molecule has 0 amide bonds. The van der Waals surface area contributed by atoms with Gasteiger partial charge in [-0.3, -0.25) is 0 Å². The monoisotopic (exact) mass is 260 g/mol. The third-order valence-corrected chi connectivity index (χ3v) is 2.70. The summed E-state index contributed by atoms with van der Waals surface area (Å²) in [5.41, 5.74) is 1.79. The maximum Gasteiger partial charge on any atom is 0.488 e. The summed E-state index contributed by atoms with van der Waals surface area (Å²) in [6.07, 6.45) is 0. The van der Waals surface area contributed by atoms with Crippen molar-refractivity contribution in [2.24, 2.45) is 0 Å². The zero-order valence-corrected chi connectivity index (χ0v) is 10.5. The second kappa shape index (κ2) is 5.86. The standard InChI is InChI=1S/C14H14BFO3/c1-10-2-4-14(5-3-10)19-9-11-6-12(15(17)18)8-13(16)7-11/h2-8,17-18H,9H2,1H3. The minimum atomic E-state index is -1.69. The van der Waals surface area contributed by atoms with Crippen LogP contribution in [0.15, 0.2) is 42.5 Å². The average Bonchev–Trinajstić information content (AvgIpc) is 2.37. The van der Waals surface area contributed by atoms with Gasteiger partial charge in [0.25, 0.3) is 0 Å². The smallest absolute Gasteiger partial charge is 0.488 e. The first-order chi connectivity index (χ1) is 9.04. The Balaban J connectivity index is 2.08. The van der Waals surface area contributed by atoms with E-state index in [9.17, 15) is 4.39 Å². The highest BCUT2D eigenvalue weighted by Gasteiger charge is 2.13. The Morgan fingerprint density at radius 3 is 2.42 bits per heavy atom. The molecule has 19 heavy (non-hydrogen) atoms. The van der Waals surface area contributed by atoms with Crippen molar-refractivity contribution in [2.45, 2.75) is 13.5 Å². The summed E-state index contributed by atoms with van der Waals surface area (Å²) >= 11 is 0. The topological polar surface area (TPSA) is 49.7 Å². The van der Waals surface area contributed by atoms with Crippen molar-refractivity contribution in [1.29, 1.82) is 0 Å². The lowest BCUT2D eigenvalue weighted by Gasteiger charge is -2.08. The van der Waals surface area contributed by atoms with Crippen LogP contribution >= 0.6 is 0 Å². The van der Waals surface area contributed by atoms with Crippen LogP contribution in [0.4, 0.5) is 4.39 Å². The molecule has 0 saturated carbocycles. The quantitative estimate of drug-likeness (QED) is 0.817. The molecule has 0 saturated heterocycles. The van der Waals surface area contributed by atoms with E-state index in [4.69, 9.17) is 14.8 Å². The summed E-state index contributed by atoms with van der Waals surface area (Å²) in [6.45, 7) is 2.14. The molecule has 0 heterocycles. The van der Waals surface area contributed by atoms with Crippen LogP contribution in [0.5, 0.6) is 5.75 Å². The second-order valence-corrected chi connectivity index (χ2v) is 4.37. The van der Waals surface area contributed by atoms with Crippen molar-refractivity contribution < 1.29 is 19.2 Å². The first-order valence-electron chi connectivity index (χ1n) is 5.89. The maximum absolute atomic E-state index is 13.3. The van der Waals surface area contributed by atoms with Gasteiger partial charge in [0.2, 0.25) is 0 Å². The summed E-state index contributed by atoms with van der Waals surface area (Å²) in [5, 5.41) is 18.1. The van der Waals surface area contributed by atoms with E-state index < -0.39 is 12.9 Å². The van der Waals surface area contributed by atoms with Crippen molar-refractivity contribution >= 4 is 12.6 Å². The number of benzene rings is 2. The summed E-state index contributed by atoms with van der Waals surface area (Å²) in [5.74, 6) is 0.161. The molecule has 0 radical (unpaired) electrons. The van der Waals surface area contributed by atoms with Crippen LogP contribution in [-0.2, 0) is 6.61 Å². The largest absolute Gasteiger partial charge is 0.489 e. The molecule has 0 aliphatic heterocycles. The van der Waals surface area contributed by atoms with Crippen LogP contribution in [-0.4, -0.2) is 17.2 Å². The van der Waals surface area contributed by atoms with E-state index in [-0.39, 0.29) is 12.1 Å². The van der Waals surface area contributed by atoms with Crippen molar-refractivity contribution in [3.8, 4) is 5.75 Å². The zero-order valence-electron chi connectivity index (χ0n) is 10.5. The summed E-state index contributed by atoms with van der Waals surface area (Å²) < 4.78 is 18.8. The first kappa shape index (κ1) is 13.6. The molecule has 5 heteroatoms. The lowest BCUT2D eigenvalue weighted by molar-refractivity contribution is 0.305. The summed E-state index contributed by atoms with van der Waals surface area (Å²) in [6, 6.07) is 11.4. The van der Waals surface area contributed by atoms with Gasteiger partial charge in [-0.25, -0.2) is 4.39 Å². The zero-order chi connectivity index (χ0) is 13.8. The van der Waals surface area contributed by atoms with E-state index in [1.807, 2.05) is 31.2 Å². The molecule has 0 fully saturated rings.